The first-order valence-electron chi connectivity index (χ1n) is 8.65. The molecule has 144 valence electrons. The van der Waals surface area contributed by atoms with Crippen LogP contribution in [-0.4, -0.2) is 24.6 Å². The van der Waals surface area contributed by atoms with Gasteiger partial charge < -0.3 is 4.74 Å². The molecule has 0 heterocycles. The highest BCUT2D eigenvalue weighted by molar-refractivity contribution is 6.09. The molecule has 0 saturated carbocycles. The highest BCUT2D eigenvalue weighted by Crippen LogP contribution is 2.21. The Hall–Kier alpha value is -2.83. The van der Waals surface area contributed by atoms with E-state index in [0.29, 0.717) is 24.0 Å². The molecule has 27 heavy (non-hydrogen) atoms. The van der Waals surface area contributed by atoms with Gasteiger partial charge in [-0.05, 0) is 18.1 Å². The molecule has 0 aliphatic heterocycles. The summed E-state index contributed by atoms with van der Waals surface area (Å²) < 4.78 is 4.57. The zero-order valence-electron chi connectivity index (χ0n) is 15.7. The number of ketones is 2. The van der Waals surface area contributed by atoms with Crippen molar-refractivity contribution in [2.45, 2.75) is 32.1 Å². The van der Waals surface area contributed by atoms with Crippen molar-refractivity contribution >= 4 is 17.5 Å². The molecule has 2 aromatic rings. The number of methoxy groups -OCH3 is 1. The summed E-state index contributed by atoms with van der Waals surface area (Å²) in [4.78, 5) is 36.0. The summed E-state index contributed by atoms with van der Waals surface area (Å²) in [7, 11) is 1.34. The fraction of sp³-hybridized carbons (Fsp3) is 0.286. The average Bonchev–Trinajstić information content (AvgIpc) is 2.74. The van der Waals surface area contributed by atoms with Gasteiger partial charge in [0.15, 0.2) is 5.78 Å². The smallest absolute Gasteiger partial charge is 0.305 e. The van der Waals surface area contributed by atoms with E-state index in [9.17, 15) is 14.4 Å². The molecule has 0 spiro atoms. The molecule has 0 unspecified atom stereocenters. The lowest BCUT2D eigenvalue weighted by molar-refractivity contribution is -0.140. The quantitative estimate of drug-likeness (QED) is 0.320. The van der Waals surface area contributed by atoms with Gasteiger partial charge in [0, 0.05) is 29.9 Å². The van der Waals surface area contributed by atoms with Crippen LogP contribution in [0.25, 0.3) is 0 Å². The molecule has 0 aromatic heterocycles. The van der Waals surface area contributed by atoms with Crippen molar-refractivity contribution in [2.24, 2.45) is 11.7 Å². The molecule has 1 atom stereocenters. The van der Waals surface area contributed by atoms with Gasteiger partial charge in [0.2, 0.25) is 0 Å². The molecule has 2 rings (SSSR count). The zero-order chi connectivity index (χ0) is 20.2. The maximum Gasteiger partial charge on any atom is 0.305 e. The highest BCUT2D eigenvalue weighted by Gasteiger charge is 2.17. The fourth-order valence-corrected chi connectivity index (χ4v) is 2.62. The lowest BCUT2D eigenvalue weighted by Crippen LogP contribution is -2.11. The van der Waals surface area contributed by atoms with E-state index in [1.54, 1.807) is 30.3 Å². The van der Waals surface area contributed by atoms with Gasteiger partial charge in [-0.3, -0.25) is 26.1 Å². The van der Waals surface area contributed by atoms with Gasteiger partial charge in [-0.2, -0.15) is 0 Å². The summed E-state index contributed by atoms with van der Waals surface area (Å²) in [5.41, 5.74) is 2.00. The second-order valence-corrected chi connectivity index (χ2v) is 5.94. The van der Waals surface area contributed by atoms with Crippen LogP contribution in [-0.2, 0) is 14.3 Å². The van der Waals surface area contributed by atoms with E-state index in [2.05, 4.69) is 16.4 Å². The normalized spacial score (nSPS) is 11.0. The average molecular weight is 370 g/mol. The van der Waals surface area contributed by atoms with E-state index in [0.717, 1.165) is 5.56 Å². The summed E-state index contributed by atoms with van der Waals surface area (Å²) in [6.45, 7) is 1.83. The monoisotopic (exact) mass is 370 g/mol. The molecule has 4 N–H and O–H groups in total. The minimum absolute atomic E-state index is 0.0493. The minimum atomic E-state index is -0.318. The number of ether oxygens (including phenoxy) is 1. The molecule has 0 aliphatic rings. The predicted molar refractivity (Wildman–Crippen MR) is 104 cm³/mol. The molecule has 0 fully saturated rings. The van der Waals surface area contributed by atoms with Gasteiger partial charge in [-0.25, -0.2) is 0 Å². The second kappa shape index (κ2) is 11.7. The molecule has 0 amide bonds. The molecule has 6 nitrogen and oxygen atoms in total. The zero-order valence-corrected chi connectivity index (χ0v) is 15.7. The third-order valence-corrected chi connectivity index (χ3v) is 4.20. The third-order valence-electron chi connectivity index (χ3n) is 4.20. The van der Waals surface area contributed by atoms with Crippen LogP contribution in [0.15, 0.2) is 54.6 Å². The van der Waals surface area contributed by atoms with Crippen molar-refractivity contribution in [1.29, 1.82) is 0 Å². The van der Waals surface area contributed by atoms with Crippen molar-refractivity contribution in [2.75, 3.05) is 7.11 Å². The predicted octanol–water partition coefficient (Wildman–Crippen LogP) is 2.75. The Morgan fingerprint density at radius 3 is 2.19 bits per heavy atom. The molecule has 6 heteroatoms. The number of carbonyl (C=O) groups is 3. The van der Waals surface area contributed by atoms with Gasteiger partial charge >= 0.3 is 5.97 Å². The van der Waals surface area contributed by atoms with Crippen LogP contribution in [0.1, 0.15) is 53.6 Å². The molecule has 0 bridgehead atoms. The molecule has 0 saturated heterocycles. The maximum atomic E-state index is 12.5. The van der Waals surface area contributed by atoms with E-state index in [-0.39, 0.29) is 29.9 Å². The topological polar surface area (TPSA) is 112 Å². The largest absolute Gasteiger partial charge is 0.469 e. The first-order valence-corrected chi connectivity index (χ1v) is 8.65. The number of nitrogens with two attached hydrogens (primary N) is 2. The van der Waals surface area contributed by atoms with Gasteiger partial charge in [-0.15, -0.1) is 0 Å². The third kappa shape index (κ3) is 6.77. The van der Waals surface area contributed by atoms with Crippen LogP contribution < -0.4 is 11.7 Å². The summed E-state index contributed by atoms with van der Waals surface area (Å²) >= 11 is 0. The first-order chi connectivity index (χ1) is 13.0. The number of rotatable bonds is 8. The lowest BCUT2D eigenvalue weighted by Gasteiger charge is -2.12. The van der Waals surface area contributed by atoms with Crippen molar-refractivity contribution in [3.63, 3.8) is 0 Å². The van der Waals surface area contributed by atoms with Gasteiger partial charge in [0.05, 0.1) is 7.11 Å². The molecule has 2 aromatic carbocycles. The Balaban J connectivity index is 0.00000176. The second-order valence-electron chi connectivity index (χ2n) is 5.94. The summed E-state index contributed by atoms with van der Waals surface area (Å²) in [6.07, 6.45) is 1.02. The Bertz CT molecular complexity index is 760. The van der Waals surface area contributed by atoms with Gasteiger partial charge in [-0.1, -0.05) is 55.5 Å². The highest BCUT2D eigenvalue weighted by atomic mass is 16.5. The number of Topliss-reactive ketones (excluding diaryl/α,β-unsaturated/α-hetero) is 1. The molecule has 0 aliphatic carbocycles. The first kappa shape index (κ1) is 22.2. The molecule has 0 radical (unpaired) electrons. The fourth-order valence-electron chi connectivity index (χ4n) is 2.62. The number of esters is 1. The number of hydrogen-bond acceptors (Lipinski definition) is 6. The van der Waals surface area contributed by atoms with E-state index in [1.165, 1.54) is 7.11 Å². The Labute approximate surface area is 159 Å². The van der Waals surface area contributed by atoms with Gasteiger partial charge in [0.25, 0.3) is 0 Å². The Morgan fingerprint density at radius 1 is 0.926 bits per heavy atom. The number of benzene rings is 2. The van der Waals surface area contributed by atoms with E-state index in [1.807, 2.05) is 31.2 Å². The summed E-state index contributed by atoms with van der Waals surface area (Å²) in [6, 6.07) is 16.2. The van der Waals surface area contributed by atoms with Crippen LogP contribution in [0.2, 0.25) is 0 Å². The van der Waals surface area contributed by atoms with Gasteiger partial charge in [0.1, 0.15) is 5.78 Å². The van der Waals surface area contributed by atoms with Crippen molar-refractivity contribution < 1.29 is 19.1 Å². The SMILES string of the molecule is COC(=O)CCCC(=O)[C@@H](C)c1cccc(C(=O)c2ccccc2)c1.NN. The number of hydrogen-bond donors (Lipinski definition) is 2. The van der Waals surface area contributed by atoms with Crippen LogP contribution in [0.3, 0.4) is 0 Å². The van der Waals surface area contributed by atoms with Crippen LogP contribution >= 0.6 is 0 Å². The molecular formula is C21H26N2O4. The Morgan fingerprint density at radius 2 is 1.56 bits per heavy atom. The lowest BCUT2D eigenvalue weighted by atomic mass is 9.91. The van der Waals surface area contributed by atoms with E-state index in [4.69, 9.17) is 0 Å². The van der Waals surface area contributed by atoms with Crippen LogP contribution in [0.4, 0.5) is 0 Å². The van der Waals surface area contributed by atoms with Crippen molar-refractivity contribution in [3.8, 4) is 0 Å². The summed E-state index contributed by atoms with van der Waals surface area (Å²) in [5.74, 6) is 7.36. The number of hydrazine groups is 1. The Kier molecular flexibility index (Phi) is 9.64. The standard InChI is InChI=1S/C21H22O4.H4N2/c1-15(19(22)12-7-13-20(23)25-2)17-10-6-11-18(14-17)21(24)16-8-4-3-5-9-16;1-2/h3-6,8-11,14-15H,7,12-13H2,1-2H3;1-2H2/t15-;/m0./s1. The van der Waals surface area contributed by atoms with E-state index >= 15 is 0 Å². The van der Waals surface area contributed by atoms with Crippen molar-refractivity contribution in [1.82, 2.24) is 0 Å². The van der Waals surface area contributed by atoms with Crippen LogP contribution in [0.5, 0.6) is 0 Å². The number of carbonyl (C=O) groups excluding carboxylic acids is 3. The van der Waals surface area contributed by atoms with Crippen LogP contribution in [0, 0.1) is 0 Å². The summed E-state index contributed by atoms with van der Waals surface area (Å²) in [5, 5.41) is 0. The van der Waals surface area contributed by atoms with E-state index < -0.39 is 0 Å². The molecular weight excluding hydrogens is 344 g/mol. The van der Waals surface area contributed by atoms with Crippen molar-refractivity contribution in [3.05, 3.63) is 71.3 Å². The maximum absolute atomic E-state index is 12.5. The minimum Gasteiger partial charge on any atom is -0.469 e.